The van der Waals surface area contributed by atoms with E-state index in [1.54, 1.807) is 12.3 Å². The van der Waals surface area contributed by atoms with Crippen LogP contribution < -0.4 is 10.6 Å². The SMILES string of the molecule is O=C1N[C@H](C(=O)NCCc2cn[nH]n2)Cc2ccccc21. The fraction of sp³-hybridized carbons (Fsp3) is 0.286. The van der Waals surface area contributed by atoms with E-state index in [2.05, 4.69) is 26.0 Å². The van der Waals surface area contributed by atoms with Gasteiger partial charge in [0, 0.05) is 24.9 Å². The molecule has 0 saturated heterocycles. The Morgan fingerprint density at radius 2 is 2.24 bits per heavy atom. The molecule has 1 aromatic carbocycles. The third-order valence-electron chi connectivity index (χ3n) is 3.45. The highest BCUT2D eigenvalue weighted by Crippen LogP contribution is 2.16. The summed E-state index contributed by atoms with van der Waals surface area (Å²) in [5.41, 5.74) is 2.33. The second-order valence-electron chi connectivity index (χ2n) is 4.89. The number of carbonyl (C=O) groups is 2. The van der Waals surface area contributed by atoms with Gasteiger partial charge >= 0.3 is 0 Å². The van der Waals surface area contributed by atoms with Crippen LogP contribution in [0.4, 0.5) is 0 Å². The van der Waals surface area contributed by atoms with E-state index in [4.69, 9.17) is 0 Å². The smallest absolute Gasteiger partial charge is 0.252 e. The first-order valence-electron chi connectivity index (χ1n) is 6.75. The molecule has 0 saturated carbocycles. The Kier molecular flexibility index (Phi) is 3.63. The molecule has 2 amide bonds. The lowest BCUT2D eigenvalue weighted by Crippen LogP contribution is -2.51. The van der Waals surface area contributed by atoms with Crippen LogP contribution >= 0.6 is 0 Å². The van der Waals surface area contributed by atoms with E-state index in [-0.39, 0.29) is 11.8 Å². The lowest BCUT2D eigenvalue weighted by atomic mass is 9.95. The summed E-state index contributed by atoms with van der Waals surface area (Å²) in [4.78, 5) is 24.1. The zero-order chi connectivity index (χ0) is 14.7. The van der Waals surface area contributed by atoms with Gasteiger partial charge in [0.05, 0.1) is 11.9 Å². The molecule has 1 aliphatic heterocycles. The van der Waals surface area contributed by atoms with Gasteiger partial charge in [-0.3, -0.25) is 9.59 Å². The van der Waals surface area contributed by atoms with Crippen LogP contribution in [0.1, 0.15) is 21.6 Å². The molecule has 2 aromatic rings. The highest BCUT2D eigenvalue weighted by molar-refractivity contribution is 6.00. The minimum absolute atomic E-state index is 0.179. The van der Waals surface area contributed by atoms with E-state index < -0.39 is 6.04 Å². The molecule has 7 heteroatoms. The van der Waals surface area contributed by atoms with Crippen LogP contribution in [-0.4, -0.2) is 39.8 Å². The first kappa shape index (κ1) is 13.3. The van der Waals surface area contributed by atoms with Crippen molar-refractivity contribution in [1.82, 2.24) is 26.0 Å². The second-order valence-corrected chi connectivity index (χ2v) is 4.89. The Balaban J connectivity index is 1.58. The number of nitrogens with one attached hydrogen (secondary N) is 3. The van der Waals surface area contributed by atoms with E-state index in [0.29, 0.717) is 24.9 Å². The largest absolute Gasteiger partial charge is 0.354 e. The molecule has 3 rings (SSSR count). The van der Waals surface area contributed by atoms with Crippen LogP contribution in [0.5, 0.6) is 0 Å². The van der Waals surface area contributed by atoms with Crippen molar-refractivity contribution in [3.63, 3.8) is 0 Å². The third kappa shape index (κ3) is 2.91. The van der Waals surface area contributed by atoms with Gasteiger partial charge in [-0.25, -0.2) is 0 Å². The number of benzene rings is 1. The average Bonchev–Trinajstić information content (AvgIpc) is 3.00. The van der Waals surface area contributed by atoms with Crippen LogP contribution in [-0.2, 0) is 17.6 Å². The number of fused-ring (bicyclic) bond motifs is 1. The number of nitrogens with zero attached hydrogens (tertiary/aromatic N) is 2. The number of aromatic nitrogens is 3. The summed E-state index contributed by atoms with van der Waals surface area (Å²) in [5, 5.41) is 15.7. The van der Waals surface area contributed by atoms with Gasteiger partial charge in [-0.1, -0.05) is 18.2 Å². The molecule has 1 aliphatic rings. The van der Waals surface area contributed by atoms with E-state index in [1.807, 2.05) is 18.2 Å². The first-order chi connectivity index (χ1) is 10.2. The molecule has 2 heterocycles. The average molecular weight is 285 g/mol. The minimum atomic E-state index is -0.523. The number of hydrogen-bond donors (Lipinski definition) is 3. The van der Waals surface area contributed by atoms with Gasteiger partial charge in [0.25, 0.3) is 5.91 Å². The lowest BCUT2D eigenvalue weighted by molar-refractivity contribution is -0.123. The van der Waals surface area contributed by atoms with Crippen molar-refractivity contribution < 1.29 is 9.59 Å². The predicted octanol–water partition coefficient (Wildman–Crippen LogP) is -0.182. The number of aromatic amines is 1. The maximum atomic E-state index is 12.1. The summed E-state index contributed by atoms with van der Waals surface area (Å²) in [6.45, 7) is 0.458. The number of hydrogen-bond acceptors (Lipinski definition) is 4. The maximum Gasteiger partial charge on any atom is 0.252 e. The van der Waals surface area contributed by atoms with Gasteiger partial charge in [-0.15, -0.1) is 0 Å². The molecule has 0 bridgehead atoms. The molecular formula is C14H15N5O2. The Morgan fingerprint density at radius 1 is 1.38 bits per heavy atom. The minimum Gasteiger partial charge on any atom is -0.354 e. The van der Waals surface area contributed by atoms with Crippen LogP contribution in [0.2, 0.25) is 0 Å². The molecule has 0 unspecified atom stereocenters. The molecule has 0 aliphatic carbocycles. The van der Waals surface area contributed by atoms with Gasteiger partial charge in [0.1, 0.15) is 6.04 Å². The fourth-order valence-corrected chi connectivity index (χ4v) is 2.37. The van der Waals surface area contributed by atoms with E-state index in [9.17, 15) is 9.59 Å². The second kappa shape index (κ2) is 5.74. The third-order valence-corrected chi connectivity index (χ3v) is 3.45. The summed E-state index contributed by atoms with van der Waals surface area (Å²) in [6.07, 6.45) is 2.72. The van der Waals surface area contributed by atoms with Crippen molar-refractivity contribution >= 4 is 11.8 Å². The number of carbonyl (C=O) groups excluding carboxylic acids is 2. The van der Waals surface area contributed by atoms with Gasteiger partial charge < -0.3 is 10.6 Å². The summed E-state index contributed by atoms with van der Waals surface area (Å²) >= 11 is 0. The molecule has 1 aromatic heterocycles. The topological polar surface area (TPSA) is 99.8 Å². The van der Waals surface area contributed by atoms with Crippen LogP contribution in [0.15, 0.2) is 30.5 Å². The lowest BCUT2D eigenvalue weighted by Gasteiger charge is -2.24. The van der Waals surface area contributed by atoms with Crippen molar-refractivity contribution in [3.05, 3.63) is 47.3 Å². The number of H-pyrrole nitrogens is 1. The van der Waals surface area contributed by atoms with Crippen LogP contribution in [0.3, 0.4) is 0 Å². The highest BCUT2D eigenvalue weighted by atomic mass is 16.2. The van der Waals surface area contributed by atoms with Gasteiger partial charge in [-0.05, 0) is 11.6 Å². The molecule has 3 N–H and O–H groups in total. The van der Waals surface area contributed by atoms with Gasteiger partial charge in [-0.2, -0.15) is 15.4 Å². The molecule has 0 radical (unpaired) electrons. The van der Waals surface area contributed by atoms with E-state index in [1.165, 1.54) is 0 Å². The van der Waals surface area contributed by atoms with Crippen LogP contribution in [0, 0.1) is 0 Å². The van der Waals surface area contributed by atoms with Gasteiger partial charge in [0.15, 0.2) is 0 Å². The Bertz CT molecular complexity index is 653. The van der Waals surface area contributed by atoms with Crippen molar-refractivity contribution in [1.29, 1.82) is 0 Å². The predicted molar refractivity (Wildman–Crippen MR) is 74.5 cm³/mol. The molecular weight excluding hydrogens is 270 g/mol. The first-order valence-corrected chi connectivity index (χ1v) is 6.75. The Labute approximate surface area is 121 Å². The standard InChI is InChI=1S/C14H15N5O2/c20-13-11-4-2-1-3-9(11)7-12(17-13)14(21)15-6-5-10-8-16-19-18-10/h1-4,8,12H,5-7H2,(H,15,21)(H,17,20)(H,16,18,19)/t12-/m0/s1. The summed E-state index contributed by atoms with van der Waals surface area (Å²) in [6, 6.07) is 6.81. The molecule has 21 heavy (non-hydrogen) atoms. The van der Waals surface area contributed by atoms with Crippen molar-refractivity contribution in [2.45, 2.75) is 18.9 Å². The summed E-state index contributed by atoms with van der Waals surface area (Å²) < 4.78 is 0. The Morgan fingerprint density at radius 3 is 3.05 bits per heavy atom. The highest BCUT2D eigenvalue weighted by Gasteiger charge is 2.28. The monoisotopic (exact) mass is 285 g/mol. The zero-order valence-corrected chi connectivity index (χ0v) is 11.3. The van der Waals surface area contributed by atoms with Crippen molar-refractivity contribution in [2.24, 2.45) is 0 Å². The van der Waals surface area contributed by atoms with Crippen molar-refractivity contribution in [2.75, 3.05) is 6.54 Å². The number of amides is 2. The zero-order valence-electron chi connectivity index (χ0n) is 11.3. The van der Waals surface area contributed by atoms with Crippen LogP contribution in [0.25, 0.3) is 0 Å². The maximum absolute atomic E-state index is 12.1. The molecule has 7 nitrogen and oxygen atoms in total. The molecule has 0 fully saturated rings. The molecule has 108 valence electrons. The summed E-state index contributed by atoms with van der Waals surface area (Å²) in [7, 11) is 0. The fourth-order valence-electron chi connectivity index (χ4n) is 2.37. The van der Waals surface area contributed by atoms with E-state index in [0.717, 1.165) is 11.3 Å². The molecule has 1 atom stereocenters. The number of rotatable bonds is 4. The van der Waals surface area contributed by atoms with Crippen molar-refractivity contribution in [3.8, 4) is 0 Å². The molecule has 0 spiro atoms. The Hall–Kier alpha value is -2.70. The quantitative estimate of drug-likeness (QED) is 0.725. The van der Waals surface area contributed by atoms with Gasteiger partial charge in [0.2, 0.25) is 5.91 Å². The summed E-state index contributed by atoms with van der Waals surface area (Å²) in [5.74, 6) is -0.380. The normalized spacial score (nSPS) is 17.0. The van der Waals surface area contributed by atoms with E-state index >= 15 is 0 Å².